The number of rotatable bonds is 7. The summed E-state index contributed by atoms with van der Waals surface area (Å²) in [7, 11) is 0. The summed E-state index contributed by atoms with van der Waals surface area (Å²) in [6.45, 7) is 1.26. The van der Waals surface area contributed by atoms with Gasteiger partial charge in [0.2, 0.25) is 0 Å². The van der Waals surface area contributed by atoms with Gasteiger partial charge in [0.1, 0.15) is 48.9 Å². The van der Waals surface area contributed by atoms with Crippen LogP contribution in [0.25, 0.3) is 11.4 Å². The predicted molar refractivity (Wildman–Crippen MR) is 118 cm³/mol. The Labute approximate surface area is 196 Å². The molecule has 11 nitrogen and oxygen atoms in total. The maximum absolute atomic E-state index is 14.8. The van der Waals surface area contributed by atoms with Gasteiger partial charge in [-0.25, -0.2) is 42.2 Å². The number of aliphatic hydroxyl groups is 1. The van der Waals surface area contributed by atoms with E-state index < -0.39 is 29.0 Å². The molecule has 0 aliphatic heterocycles. The van der Waals surface area contributed by atoms with E-state index in [1.165, 1.54) is 41.5 Å². The number of benzene rings is 2. The Balaban J connectivity index is 1.53. The summed E-state index contributed by atoms with van der Waals surface area (Å²) in [5.41, 5.74) is -1.53. The van der Waals surface area contributed by atoms with Gasteiger partial charge in [-0.2, -0.15) is 15.3 Å². The standard InChI is InChI=1S/C22H19F2N9O2/c1-15(22(35,9-30-12-25-10-27-30)19-7-2-16(23)8-20(19)24)33-21(34)31(14-29-33)17-3-5-18(6-4-17)32-13-26-11-28-32/h2-8,10-15,35H,9H2,1H3/t15-,22-/m1/s1. The fourth-order valence-corrected chi connectivity index (χ4v) is 3.91. The third-order valence-corrected chi connectivity index (χ3v) is 5.83. The molecule has 0 bridgehead atoms. The van der Waals surface area contributed by atoms with E-state index in [-0.39, 0.29) is 12.1 Å². The van der Waals surface area contributed by atoms with E-state index >= 15 is 0 Å². The molecule has 3 aromatic heterocycles. The number of aromatic nitrogens is 9. The molecule has 2 atom stereocenters. The second-order valence-electron chi connectivity index (χ2n) is 7.90. The highest BCUT2D eigenvalue weighted by Crippen LogP contribution is 2.35. The molecular formula is C22H19F2N9O2. The molecule has 0 fully saturated rings. The number of nitrogens with zero attached hydrogens (tertiary/aromatic N) is 9. The quantitative estimate of drug-likeness (QED) is 0.377. The maximum atomic E-state index is 14.8. The molecule has 35 heavy (non-hydrogen) atoms. The van der Waals surface area contributed by atoms with Crippen molar-refractivity contribution in [2.24, 2.45) is 0 Å². The highest BCUT2D eigenvalue weighted by Gasteiger charge is 2.41. The van der Waals surface area contributed by atoms with Gasteiger partial charge in [-0.1, -0.05) is 6.07 Å². The fourth-order valence-electron chi connectivity index (χ4n) is 3.91. The number of hydrogen-bond donors (Lipinski definition) is 1. The summed E-state index contributed by atoms with van der Waals surface area (Å²) in [5, 5.41) is 23.9. The second kappa shape index (κ2) is 8.68. The zero-order chi connectivity index (χ0) is 24.6. The summed E-state index contributed by atoms with van der Waals surface area (Å²) in [4.78, 5) is 21.0. The van der Waals surface area contributed by atoms with Gasteiger partial charge in [0.25, 0.3) is 0 Å². The van der Waals surface area contributed by atoms with Gasteiger partial charge in [-0.05, 0) is 37.3 Å². The summed E-state index contributed by atoms with van der Waals surface area (Å²) < 4.78 is 33.6. The Kier molecular flexibility index (Phi) is 5.53. The molecular weight excluding hydrogens is 460 g/mol. The Morgan fingerprint density at radius 2 is 1.66 bits per heavy atom. The molecule has 178 valence electrons. The van der Waals surface area contributed by atoms with E-state index in [1.807, 2.05) is 0 Å². The van der Waals surface area contributed by atoms with Crippen molar-refractivity contribution in [1.82, 2.24) is 43.9 Å². The van der Waals surface area contributed by atoms with Gasteiger partial charge >= 0.3 is 5.69 Å². The Hall–Kier alpha value is -4.52. The summed E-state index contributed by atoms with van der Waals surface area (Å²) >= 11 is 0. The van der Waals surface area contributed by atoms with E-state index in [9.17, 15) is 18.7 Å². The van der Waals surface area contributed by atoms with Crippen molar-refractivity contribution in [1.29, 1.82) is 0 Å². The van der Waals surface area contributed by atoms with Crippen LogP contribution in [0.15, 0.2) is 78.9 Å². The summed E-state index contributed by atoms with van der Waals surface area (Å²) in [6, 6.07) is 8.70. The largest absolute Gasteiger partial charge is 0.381 e. The van der Waals surface area contributed by atoms with Gasteiger partial charge in [0, 0.05) is 11.6 Å². The van der Waals surface area contributed by atoms with Crippen LogP contribution in [0.2, 0.25) is 0 Å². The van der Waals surface area contributed by atoms with E-state index in [1.54, 1.807) is 35.3 Å². The Morgan fingerprint density at radius 1 is 0.943 bits per heavy atom. The molecule has 0 saturated heterocycles. The normalized spacial score (nSPS) is 14.1. The summed E-state index contributed by atoms with van der Waals surface area (Å²) in [5.74, 6) is -1.76. The highest BCUT2D eigenvalue weighted by molar-refractivity contribution is 5.40. The molecule has 5 rings (SSSR count). The highest BCUT2D eigenvalue weighted by atomic mass is 19.1. The molecule has 0 radical (unpaired) electrons. The van der Waals surface area contributed by atoms with Crippen LogP contribution in [0.3, 0.4) is 0 Å². The Morgan fingerprint density at radius 3 is 2.31 bits per heavy atom. The molecule has 0 spiro atoms. The van der Waals surface area contributed by atoms with Crippen molar-refractivity contribution in [2.45, 2.75) is 25.1 Å². The first-order valence-corrected chi connectivity index (χ1v) is 10.5. The van der Waals surface area contributed by atoms with Crippen molar-refractivity contribution in [3.63, 3.8) is 0 Å². The molecule has 2 aromatic carbocycles. The van der Waals surface area contributed by atoms with Crippen LogP contribution in [0, 0.1) is 11.6 Å². The topological polar surface area (TPSA) is 121 Å². The first-order valence-electron chi connectivity index (χ1n) is 10.5. The average molecular weight is 479 g/mol. The molecule has 3 heterocycles. The number of hydrogen-bond acceptors (Lipinski definition) is 7. The van der Waals surface area contributed by atoms with Crippen molar-refractivity contribution in [3.05, 3.63) is 102 Å². The van der Waals surface area contributed by atoms with Crippen molar-refractivity contribution < 1.29 is 13.9 Å². The smallest absolute Gasteiger partial charge is 0.350 e. The van der Waals surface area contributed by atoms with Gasteiger partial charge in [0.05, 0.1) is 24.0 Å². The van der Waals surface area contributed by atoms with E-state index in [0.717, 1.165) is 22.5 Å². The SMILES string of the molecule is C[C@@H](n1ncn(-c2ccc(-n3cncn3)cc2)c1=O)[C@](O)(Cn1cncn1)c1ccc(F)cc1F. The van der Waals surface area contributed by atoms with Crippen LogP contribution in [-0.4, -0.2) is 49.0 Å². The van der Waals surface area contributed by atoms with E-state index in [2.05, 4.69) is 25.3 Å². The van der Waals surface area contributed by atoms with Gasteiger partial charge in [-0.15, -0.1) is 0 Å². The van der Waals surface area contributed by atoms with Crippen molar-refractivity contribution in [3.8, 4) is 11.4 Å². The van der Waals surface area contributed by atoms with Crippen molar-refractivity contribution >= 4 is 0 Å². The monoisotopic (exact) mass is 479 g/mol. The van der Waals surface area contributed by atoms with Crippen LogP contribution in [-0.2, 0) is 12.1 Å². The number of halogens is 2. The lowest BCUT2D eigenvalue weighted by Crippen LogP contribution is -2.44. The van der Waals surface area contributed by atoms with Crippen LogP contribution in [0.4, 0.5) is 8.78 Å². The van der Waals surface area contributed by atoms with Crippen LogP contribution in [0.5, 0.6) is 0 Å². The van der Waals surface area contributed by atoms with Crippen LogP contribution >= 0.6 is 0 Å². The second-order valence-corrected chi connectivity index (χ2v) is 7.90. The molecule has 0 aliphatic rings. The van der Waals surface area contributed by atoms with E-state index in [4.69, 9.17) is 0 Å². The zero-order valence-electron chi connectivity index (χ0n) is 18.3. The third kappa shape index (κ3) is 4.01. The minimum absolute atomic E-state index is 0.208. The lowest BCUT2D eigenvalue weighted by Gasteiger charge is -2.34. The van der Waals surface area contributed by atoms with Gasteiger partial charge in [-0.3, -0.25) is 0 Å². The molecule has 0 aliphatic carbocycles. The zero-order valence-corrected chi connectivity index (χ0v) is 18.3. The van der Waals surface area contributed by atoms with Crippen LogP contribution in [0.1, 0.15) is 18.5 Å². The third-order valence-electron chi connectivity index (χ3n) is 5.83. The molecule has 1 N–H and O–H groups in total. The first-order chi connectivity index (χ1) is 16.9. The van der Waals surface area contributed by atoms with Gasteiger partial charge < -0.3 is 5.11 Å². The maximum Gasteiger partial charge on any atom is 0.350 e. The first kappa shape index (κ1) is 22.3. The van der Waals surface area contributed by atoms with Gasteiger partial charge in [0.15, 0.2) is 0 Å². The Bertz CT molecular complexity index is 1490. The molecule has 0 amide bonds. The molecule has 13 heteroatoms. The fraction of sp³-hybridized carbons (Fsp3) is 0.182. The predicted octanol–water partition coefficient (Wildman–Crippen LogP) is 1.63. The molecule has 5 aromatic rings. The van der Waals surface area contributed by atoms with Crippen molar-refractivity contribution in [2.75, 3.05) is 0 Å². The van der Waals surface area contributed by atoms with Crippen LogP contribution < -0.4 is 5.69 Å². The summed E-state index contributed by atoms with van der Waals surface area (Å²) in [6.07, 6.45) is 6.87. The lowest BCUT2D eigenvalue weighted by atomic mass is 9.86. The lowest BCUT2D eigenvalue weighted by molar-refractivity contribution is -0.0381. The van der Waals surface area contributed by atoms with E-state index in [0.29, 0.717) is 11.8 Å². The molecule has 0 saturated carbocycles. The minimum atomic E-state index is -2.02. The average Bonchev–Trinajstić information content (AvgIpc) is 3.61. The molecule has 0 unspecified atom stereocenters. The minimum Gasteiger partial charge on any atom is -0.381 e.